The molecule has 0 radical (unpaired) electrons. The van der Waals surface area contributed by atoms with Gasteiger partial charge >= 0.3 is 0 Å². The van der Waals surface area contributed by atoms with Crippen molar-refractivity contribution in [3.05, 3.63) is 71.8 Å². The lowest BCUT2D eigenvalue weighted by Gasteiger charge is -2.02. The first-order chi connectivity index (χ1) is 9.81. The van der Waals surface area contributed by atoms with Gasteiger partial charge in [-0.05, 0) is 34.9 Å². The van der Waals surface area contributed by atoms with Crippen molar-refractivity contribution in [3.63, 3.8) is 0 Å². The predicted octanol–water partition coefficient (Wildman–Crippen LogP) is 3.89. The molecule has 0 aromatic heterocycles. The summed E-state index contributed by atoms with van der Waals surface area (Å²) in [4.78, 5) is 5.29. The van der Waals surface area contributed by atoms with E-state index in [0.29, 0.717) is 6.61 Å². The highest BCUT2D eigenvalue weighted by Crippen LogP contribution is 2.11. The minimum atomic E-state index is 0.433. The van der Waals surface area contributed by atoms with Crippen LogP contribution in [0.4, 0.5) is 0 Å². The zero-order valence-electron chi connectivity index (χ0n) is 11.5. The summed E-state index contributed by atoms with van der Waals surface area (Å²) in [6, 6.07) is 15.6. The SMILES string of the molecule is C=Cc1cccc(CON=Cc2cccc(OC)c2)c1. The molecule has 0 saturated carbocycles. The molecule has 0 aliphatic rings. The average Bonchev–Trinajstić information content (AvgIpc) is 2.52. The van der Waals surface area contributed by atoms with Crippen molar-refractivity contribution >= 4 is 12.3 Å². The lowest BCUT2D eigenvalue weighted by molar-refractivity contribution is 0.132. The second-order valence-electron chi connectivity index (χ2n) is 4.23. The van der Waals surface area contributed by atoms with E-state index in [-0.39, 0.29) is 0 Å². The van der Waals surface area contributed by atoms with Crippen LogP contribution in [-0.2, 0) is 11.4 Å². The third-order valence-corrected chi connectivity index (χ3v) is 2.79. The van der Waals surface area contributed by atoms with Gasteiger partial charge in [0.1, 0.15) is 12.4 Å². The second kappa shape index (κ2) is 7.14. The Kier molecular flexibility index (Phi) is 4.95. The zero-order chi connectivity index (χ0) is 14.2. The molecule has 0 aliphatic heterocycles. The normalized spacial score (nSPS) is 10.4. The van der Waals surface area contributed by atoms with Crippen molar-refractivity contribution in [2.75, 3.05) is 7.11 Å². The lowest BCUT2D eigenvalue weighted by Crippen LogP contribution is -1.89. The summed E-state index contributed by atoms with van der Waals surface area (Å²) in [5.74, 6) is 0.799. The van der Waals surface area contributed by atoms with Crippen LogP contribution in [0.3, 0.4) is 0 Å². The molecule has 0 heterocycles. The smallest absolute Gasteiger partial charge is 0.142 e. The molecule has 0 unspecified atom stereocenters. The van der Waals surface area contributed by atoms with E-state index in [9.17, 15) is 0 Å². The van der Waals surface area contributed by atoms with E-state index in [4.69, 9.17) is 9.57 Å². The molecule has 2 rings (SSSR count). The van der Waals surface area contributed by atoms with E-state index < -0.39 is 0 Å². The number of hydrogen-bond donors (Lipinski definition) is 0. The van der Waals surface area contributed by atoms with Gasteiger partial charge in [-0.15, -0.1) is 0 Å². The molecule has 0 aliphatic carbocycles. The third-order valence-electron chi connectivity index (χ3n) is 2.79. The fourth-order valence-electron chi connectivity index (χ4n) is 1.74. The van der Waals surface area contributed by atoms with Crippen molar-refractivity contribution < 1.29 is 9.57 Å². The highest BCUT2D eigenvalue weighted by molar-refractivity contribution is 5.79. The maximum Gasteiger partial charge on any atom is 0.142 e. The Balaban J connectivity index is 1.91. The molecule has 20 heavy (non-hydrogen) atoms. The van der Waals surface area contributed by atoms with E-state index in [1.165, 1.54) is 0 Å². The maximum atomic E-state index is 5.29. The lowest BCUT2D eigenvalue weighted by atomic mass is 10.1. The molecule has 0 spiro atoms. The first-order valence-electron chi connectivity index (χ1n) is 6.32. The molecule has 102 valence electrons. The van der Waals surface area contributed by atoms with Crippen molar-refractivity contribution in [3.8, 4) is 5.75 Å². The van der Waals surface area contributed by atoms with Crippen LogP contribution >= 0.6 is 0 Å². The van der Waals surface area contributed by atoms with E-state index in [1.807, 2.05) is 54.6 Å². The van der Waals surface area contributed by atoms with Gasteiger partial charge < -0.3 is 9.57 Å². The molecule has 3 nitrogen and oxygen atoms in total. The summed E-state index contributed by atoms with van der Waals surface area (Å²) in [5, 5.41) is 3.96. The molecule has 0 N–H and O–H groups in total. The highest BCUT2D eigenvalue weighted by Gasteiger charge is 1.94. The number of oxime groups is 1. The van der Waals surface area contributed by atoms with Gasteiger partial charge in [0.05, 0.1) is 13.3 Å². The number of hydrogen-bond acceptors (Lipinski definition) is 3. The summed E-state index contributed by atoms with van der Waals surface area (Å²) in [6.45, 7) is 4.17. The second-order valence-corrected chi connectivity index (χ2v) is 4.23. The van der Waals surface area contributed by atoms with Gasteiger partial charge in [-0.1, -0.05) is 48.1 Å². The summed E-state index contributed by atoms with van der Waals surface area (Å²) < 4.78 is 5.14. The van der Waals surface area contributed by atoms with Gasteiger partial charge in [0.15, 0.2) is 0 Å². The molecule has 3 heteroatoms. The number of methoxy groups -OCH3 is 1. The van der Waals surface area contributed by atoms with Crippen LogP contribution in [0.2, 0.25) is 0 Å². The van der Waals surface area contributed by atoms with Crippen molar-refractivity contribution in [1.82, 2.24) is 0 Å². The third kappa shape index (κ3) is 3.99. The van der Waals surface area contributed by atoms with Crippen LogP contribution in [0.5, 0.6) is 5.75 Å². The molecule has 2 aromatic rings. The number of benzene rings is 2. The molecule has 0 amide bonds. The molecule has 0 fully saturated rings. The fraction of sp³-hybridized carbons (Fsp3) is 0.118. The molecule has 0 saturated heterocycles. The Bertz CT molecular complexity index is 605. The Morgan fingerprint density at radius 2 is 1.90 bits per heavy atom. The monoisotopic (exact) mass is 267 g/mol. The van der Waals surface area contributed by atoms with Crippen LogP contribution in [0, 0.1) is 0 Å². The van der Waals surface area contributed by atoms with Gasteiger partial charge in [0.25, 0.3) is 0 Å². The fourth-order valence-corrected chi connectivity index (χ4v) is 1.74. The molecule has 0 atom stereocenters. The van der Waals surface area contributed by atoms with Crippen LogP contribution in [0.1, 0.15) is 16.7 Å². The van der Waals surface area contributed by atoms with Crippen LogP contribution in [0.25, 0.3) is 6.08 Å². The van der Waals surface area contributed by atoms with Gasteiger partial charge in [-0.2, -0.15) is 0 Å². The molecular formula is C17H17NO2. The van der Waals surface area contributed by atoms with E-state index in [1.54, 1.807) is 13.3 Å². The topological polar surface area (TPSA) is 30.8 Å². The van der Waals surface area contributed by atoms with E-state index >= 15 is 0 Å². The average molecular weight is 267 g/mol. The molecule has 2 aromatic carbocycles. The van der Waals surface area contributed by atoms with Crippen LogP contribution in [-0.4, -0.2) is 13.3 Å². The van der Waals surface area contributed by atoms with Crippen LogP contribution in [0.15, 0.2) is 60.3 Å². The van der Waals surface area contributed by atoms with E-state index in [2.05, 4.69) is 11.7 Å². The molecular weight excluding hydrogens is 250 g/mol. The first kappa shape index (κ1) is 13.9. The Morgan fingerprint density at radius 1 is 1.10 bits per heavy atom. The first-order valence-corrected chi connectivity index (χ1v) is 6.32. The standard InChI is InChI=1S/C17H17NO2/c1-3-14-6-4-8-16(10-14)13-20-18-12-15-7-5-9-17(11-15)19-2/h3-12H,1,13H2,2H3. The Labute approximate surface area is 119 Å². The van der Waals surface area contributed by atoms with Crippen molar-refractivity contribution in [2.24, 2.45) is 5.16 Å². The summed E-state index contributed by atoms with van der Waals surface area (Å²) in [5.41, 5.74) is 3.07. The Morgan fingerprint density at radius 3 is 2.70 bits per heavy atom. The minimum Gasteiger partial charge on any atom is -0.497 e. The van der Waals surface area contributed by atoms with Gasteiger partial charge in [0, 0.05) is 0 Å². The molecule has 0 bridgehead atoms. The number of ether oxygens (including phenoxy) is 1. The van der Waals surface area contributed by atoms with Crippen LogP contribution < -0.4 is 4.74 Å². The summed E-state index contributed by atoms with van der Waals surface area (Å²) in [6.07, 6.45) is 3.48. The summed E-state index contributed by atoms with van der Waals surface area (Å²) >= 11 is 0. The van der Waals surface area contributed by atoms with Gasteiger partial charge in [-0.25, -0.2) is 0 Å². The minimum absolute atomic E-state index is 0.433. The Hall–Kier alpha value is -2.55. The number of nitrogens with zero attached hydrogens (tertiary/aromatic N) is 1. The number of rotatable bonds is 6. The maximum absolute atomic E-state index is 5.29. The van der Waals surface area contributed by atoms with Gasteiger partial charge in [-0.3, -0.25) is 0 Å². The largest absolute Gasteiger partial charge is 0.497 e. The zero-order valence-corrected chi connectivity index (χ0v) is 11.5. The van der Waals surface area contributed by atoms with E-state index in [0.717, 1.165) is 22.4 Å². The highest BCUT2D eigenvalue weighted by atomic mass is 16.6. The van der Waals surface area contributed by atoms with Crippen molar-refractivity contribution in [1.29, 1.82) is 0 Å². The quantitative estimate of drug-likeness (QED) is 0.587. The predicted molar refractivity (Wildman–Crippen MR) is 81.9 cm³/mol. The van der Waals surface area contributed by atoms with Crippen molar-refractivity contribution in [2.45, 2.75) is 6.61 Å². The van der Waals surface area contributed by atoms with Gasteiger partial charge in [0.2, 0.25) is 0 Å². The summed E-state index contributed by atoms with van der Waals surface area (Å²) in [7, 11) is 1.64.